The first-order valence-electron chi connectivity index (χ1n) is 51.8. The van der Waals surface area contributed by atoms with Crippen molar-refractivity contribution in [3.63, 3.8) is 0 Å². The van der Waals surface area contributed by atoms with Gasteiger partial charge in [-0.15, -0.1) is 0 Å². The van der Waals surface area contributed by atoms with Gasteiger partial charge in [0.1, 0.15) is 60.8 Å². The number of amides is 7. The van der Waals surface area contributed by atoms with E-state index in [4.69, 9.17) is 61.1 Å². The number of fused-ring (bicyclic) bond motifs is 6. The molecular weight excluding hydrogens is 1900 g/mol. The van der Waals surface area contributed by atoms with E-state index in [9.17, 15) is 43.2 Å². The molecule has 0 fully saturated rings. The zero-order valence-corrected chi connectivity index (χ0v) is 87.8. The number of alkyl carbamates (subject to hydrolysis) is 1. The quantitative estimate of drug-likeness (QED) is 0.00562. The molecule has 9 N–H and O–H groups in total. The zero-order valence-electron chi connectivity index (χ0n) is 86.3. The molecule has 0 aromatic heterocycles. The summed E-state index contributed by atoms with van der Waals surface area (Å²) in [6.45, 7) is 16.6. The van der Waals surface area contributed by atoms with E-state index in [0.29, 0.717) is 41.3 Å². The topological polar surface area (TPSA) is 336 Å². The summed E-state index contributed by atoms with van der Waals surface area (Å²) in [7, 11) is 0. The maximum atomic E-state index is 14.6. The third kappa shape index (κ3) is 36.4. The number of unbranched alkanes of at least 4 members (excludes halogenated alkanes) is 14. The summed E-state index contributed by atoms with van der Waals surface area (Å²) >= 11 is 13.8. The fraction of sp³-hybridized carbons (Fsp3) is 0.420. The number of hydrogen-bond donors (Lipinski definition) is 9. The molecular formula is C119H147Cl2N9O17. The molecule has 28 heteroatoms. The molecule has 2 aliphatic carbocycles. The lowest BCUT2D eigenvalue weighted by atomic mass is 9.77. The van der Waals surface area contributed by atoms with Crippen LogP contribution in [0.1, 0.15) is 255 Å². The number of rotatable bonds is 59. The van der Waals surface area contributed by atoms with Gasteiger partial charge in [-0.2, -0.15) is 0 Å². The zero-order chi connectivity index (χ0) is 105. The van der Waals surface area contributed by atoms with Gasteiger partial charge in [0.25, 0.3) is 5.91 Å². The first-order chi connectivity index (χ1) is 71.1. The standard InChI is InChI=1S/C84H118ClN7O15.C35H29ClN2O2/c1-62-44-46-64(47-45-62)84(63-33-21-20-22-34-63,70-39-29-30-40-71(70)85)92-91-79(98)72(90-81(100)105-59-69-67-37-27-25-35-65(67)66-36-26-28-38-68(66)69)41-31-32-50-86-76(95)60-103-57-56-102-54-52-88-77(96)61-104-58-55-101-53-51-87-74(93)49-48-73(80(99)107-83(5,6)7)89-75(94)42-23-18-16-14-12-10-8-9-11-13-15-17-19-24-43-78(97)106-82(2,3)4;1-24-19-21-26(22-20-24)35(25-11-3-2-4-12-25,32-17-9-10-18-33(32)36)38-37-34(39)40-23-31-29-15-7-5-13-27(29)28-14-6-8-16-30(28)31/h20-22,25-30,33-40,44-47,69,72-73,92H,8-19,23-24,31-32,41-43,48-61H2,1-7H3,(H,86,95)(H,87,93)(H,88,96)(H,89,94)(H,90,100)(H,91,98);2-22,31,38H,23H2,1H3,(H,37,39)/t72-,73-,84?;/m0./s1. The van der Waals surface area contributed by atoms with Crippen LogP contribution in [0.25, 0.3) is 22.3 Å². The average molecular weight is 2050 g/mol. The Labute approximate surface area is 876 Å². The molecule has 12 rings (SSSR count). The third-order valence-corrected chi connectivity index (χ3v) is 26.3. The van der Waals surface area contributed by atoms with Crippen molar-refractivity contribution in [1.29, 1.82) is 0 Å². The number of carbonyl (C=O) groups is 9. The second kappa shape index (κ2) is 60.0. The Kier molecular flexibility index (Phi) is 46.8. The molecule has 4 atom stereocenters. The second-order valence-electron chi connectivity index (χ2n) is 39.2. The number of benzene rings is 10. The highest BCUT2D eigenvalue weighted by molar-refractivity contribution is 6.32. The Morgan fingerprint density at radius 3 is 1.12 bits per heavy atom. The molecule has 0 saturated heterocycles. The molecule has 0 saturated carbocycles. The Bertz CT molecular complexity index is 5740. The van der Waals surface area contributed by atoms with Gasteiger partial charge in [-0.25, -0.2) is 25.2 Å². The number of halogens is 2. The SMILES string of the molecule is Cc1ccc(C(NNC(=O)OCC2c3ccccc3-c3ccccc32)(c2ccccc2)c2ccccc2Cl)cc1.Cc1ccc(C(NNC(=O)[C@H](CCCCNC(=O)COCCOCCNC(=O)COCCOCCNC(=O)CC[C@H](NC(=O)CCCCCCCCCCCCCCCCC(=O)OC(C)(C)C)C(=O)OC(C)(C)C)NC(=O)OCC2c3ccccc3-c3ccccc32)(c2ccccc2)c2ccccc2Cl)cc1. The van der Waals surface area contributed by atoms with Crippen LogP contribution in [0.2, 0.25) is 10.0 Å². The minimum absolute atomic E-state index is 0.00817. The van der Waals surface area contributed by atoms with E-state index < -0.39 is 58.4 Å². The summed E-state index contributed by atoms with van der Waals surface area (Å²) in [5, 5.41) is 15.0. The maximum Gasteiger partial charge on any atom is 0.421 e. The van der Waals surface area contributed by atoms with Crippen molar-refractivity contribution in [2.45, 2.75) is 236 Å². The van der Waals surface area contributed by atoms with E-state index in [1.165, 1.54) is 67.2 Å². The third-order valence-electron chi connectivity index (χ3n) is 25.7. The van der Waals surface area contributed by atoms with Crippen LogP contribution in [0, 0.1) is 13.8 Å². The fourth-order valence-electron chi connectivity index (χ4n) is 18.4. The highest BCUT2D eigenvalue weighted by atomic mass is 35.5. The maximum absolute atomic E-state index is 14.6. The van der Waals surface area contributed by atoms with Gasteiger partial charge in [0.15, 0.2) is 0 Å². The molecule has 2 aliphatic rings. The van der Waals surface area contributed by atoms with E-state index in [-0.39, 0.29) is 153 Å². The van der Waals surface area contributed by atoms with Gasteiger partial charge in [0.2, 0.25) is 23.6 Å². The summed E-state index contributed by atoms with van der Waals surface area (Å²) in [5.74, 6) is -2.67. The van der Waals surface area contributed by atoms with Gasteiger partial charge in [-0.3, -0.25) is 39.6 Å². The normalized spacial score (nSPS) is 13.2. The highest BCUT2D eigenvalue weighted by Crippen LogP contribution is 2.48. The van der Waals surface area contributed by atoms with Gasteiger partial charge in [0, 0.05) is 71.9 Å². The van der Waals surface area contributed by atoms with E-state index in [1.807, 2.05) is 223 Å². The molecule has 0 aliphatic heterocycles. The van der Waals surface area contributed by atoms with Crippen LogP contribution in [0.3, 0.4) is 0 Å². The van der Waals surface area contributed by atoms with Gasteiger partial charge in [-0.1, -0.05) is 354 Å². The Morgan fingerprint density at radius 1 is 0.320 bits per heavy atom. The van der Waals surface area contributed by atoms with Crippen LogP contribution < -0.4 is 48.3 Å². The van der Waals surface area contributed by atoms with Crippen LogP contribution in [0.5, 0.6) is 0 Å². The first kappa shape index (κ1) is 115. The van der Waals surface area contributed by atoms with Crippen LogP contribution in [-0.2, 0) is 82.5 Å². The monoisotopic (exact) mass is 2040 g/mol. The molecule has 26 nitrogen and oxygen atoms in total. The summed E-state index contributed by atoms with van der Waals surface area (Å²) in [4.78, 5) is 117. The van der Waals surface area contributed by atoms with E-state index in [1.54, 1.807) is 26.8 Å². The van der Waals surface area contributed by atoms with Crippen molar-refractivity contribution >= 4 is 76.9 Å². The van der Waals surface area contributed by atoms with Crippen LogP contribution in [0.15, 0.2) is 255 Å². The highest BCUT2D eigenvalue weighted by Gasteiger charge is 2.42. The lowest BCUT2D eigenvalue weighted by molar-refractivity contribution is -0.159. The summed E-state index contributed by atoms with van der Waals surface area (Å²) in [5.41, 5.74) is 25.4. The minimum atomic E-state index is -1.18. The number of esters is 2. The van der Waals surface area contributed by atoms with Gasteiger partial charge < -0.3 is 64.5 Å². The first-order valence-corrected chi connectivity index (χ1v) is 52.5. The van der Waals surface area contributed by atoms with Crippen molar-refractivity contribution in [2.24, 2.45) is 0 Å². The van der Waals surface area contributed by atoms with Crippen LogP contribution in [0.4, 0.5) is 9.59 Å². The van der Waals surface area contributed by atoms with Crippen LogP contribution >= 0.6 is 23.2 Å². The Morgan fingerprint density at radius 2 is 0.687 bits per heavy atom. The average Bonchev–Trinajstić information content (AvgIpc) is 1.75. The molecule has 0 spiro atoms. The molecule has 0 bridgehead atoms. The second-order valence-corrected chi connectivity index (χ2v) is 40.1. The van der Waals surface area contributed by atoms with E-state index >= 15 is 0 Å². The number of nitrogens with one attached hydrogen (secondary N) is 9. The van der Waals surface area contributed by atoms with Crippen molar-refractivity contribution in [3.05, 3.63) is 332 Å². The number of hydrazine groups is 2. The molecule has 0 radical (unpaired) electrons. The Hall–Kier alpha value is -12.6. The molecule has 10 aromatic carbocycles. The number of hydrogen-bond acceptors (Lipinski definition) is 19. The van der Waals surface area contributed by atoms with E-state index in [2.05, 4.69) is 109 Å². The molecule has 7 amide bonds. The van der Waals surface area contributed by atoms with Crippen molar-refractivity contribution < 1.29 is 81.0 Å². The molecule has 0 heterocycles. The molecule has 784 valence electrons. The predicted molar refractivity (Wildman–Crippen MR) is 575 cm³/mol. The fourth-order valence-corrected chi connectivity index (χ4v) is 18.9. The van der Waals surface area contributed by atoms with Gasteiger partial charge in [-0.05, 0) is 173 Å². The lowest BCUT2D eigenvalue weighted by Crippen LogP contribution is -2.58. The van der Waals surface area contributed by atoms with Crippen molar-refractivity contribution in [3.8, 4) is 22.3 Å². The summed E-state index contributed by atoms with van der Waals surface area (Å²) < 4.78 is 44.8. The van der Waals surface area contributed by atoms with Crippen LogP contribution in [-0.4, -0.2) is 163 Å². The lowest BCUT2D eigenvalue weighted by Gasteiger charge is -2.38. The van der Waals surface area contributed by atoms with Gasteiger partial charge >= 0.3 is 24.1 Å². The molecule has 2 unspecified atom stereocenters. The number of carbonyl (C=O) groups excluding carboxylic acids is 9. The molecule has 147 heavy (non-hydrogen) atoms. The number of aryl methyl sites for hydroxylation is 2. The van der Waals surface area contributed by atoms with E-state index in [0.717, 1.165) is 99.7 Å². The smallest absolute Gasteiger partial charge is 0.421 e. The summed E-state index contributed by atoms with van der Waals surface area (Å²) in [6, 6.07) is 81.6. The summed E-state index contributed by atoms with van der Waals surface area (Å²) in [6.07, 6.45) is 16.1. The predicted octanol–water partition coefficient (Wildman–Crippen LogP) is 21.2. The van der Waals surface area contributed by atoms with Crippen molar-refractivity contribution in [2.75, 3.05) is 85.7 Å². The molecule has 10 aromatic rings. The Balaban J connectivity index is 0.000000421. The number of ether oxygens (including phenoxy) is 8. The minimum Gasteiger partial charge on any atom is -0.460 e. The van der Waals surface area contributed by atoms with Crippen molar-refractivity contribution in [1.82, 2.24) is 48.3 Å². The van der Waals surface area contributed by atoms with Gasteiger partial charge in [0.05, 0.1) is 39.6 Å². The largest absolute Gasteiger partial charge is 0.460 e.